The van der Waals surface area contributed by atoms with E-state index in [9.17, 15) is 0 Å². The van der Waals surface area contributed by atoms with Crippen molar-refractivity contribution >= 4 is 11.6 Å². The van der Waals surface area contributed by atoms with Crippen molar-refractivity contribution in [3.63, 3.8) is 0 Å². The van der Waals surface area contributed by atoms with Crippen LogP contribution in [0.3, 0.4) is 0 Å². The third-order valence-corrected chi connectivity index (χ3v) is 2.16. The van der Waals surface area contributed by atoms with Crippen LogP contribution in [0.25, 0.3) is 0 Å². The molecule has 2 atom stereocenters. The first-order chi connectivity index (χ1) is 5.27. The van der Waals surface area contributed by atoms with E-state index in [-0.39, 0.29) is 0 Å². The molecule has 1 fully saturated rings. The molecule has 0 aliphatic carbocycles. The van der Waals surface area contributed by atoms with Crippen LogP contribution in [0.1, 0.15) is 18.6 Å². The molecule has 1 aliphatic rings. The van der Waals surface area contributed by atoms with Gasteiger partial charge in [0.2, 0.25) is 0 Å². The Morgan fingerprint density at radius 3 is 2.27 bits per heavy atom. The quantitative estimate of drug-likeness (QED) is 0.588. The molecule has 2 heteroatoms. The van der Waals surface area contributed by atoms with Gasteiger partial charge in [-0.2, -0.15) is 0 Å². The molecule has 0 N–H and O–H groups in total. The average molecular weight is 169 g/mol. The van der Waals surface area contributed by atoms with Crippen molar-refractivity contribution < 1.29 is 4.74 Å². The zero-order chi connectivity index (χ0) is 7.84. The molecule has 0 saturated carbocycles. The van der Waals surface area contributed by atoms with Crippen molar-refractivity contribution in [2.24, 2.45) is 0 Å². The number of rotatable bonds is 1. The molecule has 1 nitrogen and oxygen atoms in total. The van der Waals surface area contributed by atoms with Gasteiger partial charge in [0, 0.05) is 5.02 Å². The zero-order valence-corrected chi connectivity index (χ0v) is 7.01. The zero-order valence-electron chi connectivity index (χ0n) is 6.25. The van der Waals surface area contributed by atoms with Crippen molar-refractivity contribution in [1.29, 1.82) is 0 Å². The number of halogens is 1. The van der Waals surface area contributed by atoms with Gasteiger partial charge in [-0.15, -0.1) is 0 Å². The molecule has 1 heterocycles. The molecule has 11 heavy (non-hydrogen) atoms. The molecule has 1 aliphatic heterocycles. The summed E-state index contributed by atoms with van der Waals surface area (Å²) in [6, 6.07) is 7.81. The van der Waals surface area contributed by atoms with Gasteiger partial charge >= 0.3 is 0 Å². The molecule has 0 aromatic heterocycles. The lowest BCUT2D eigenvalue weighted by atomic mass is 10.1. The van der Waals surface area contributed by atoms with Gasteiger partial charge in [0.25, 0.3) is 0 Å². The Balaban J connectivity index is 2.21. The molecule has 0 bridgehead atoms. The summed E-state index contributed by atoms with van der Waals surface area (Å²) in [5.41, 5.74) is 1.22. The molecular formula is C9H9ClO. The lowest BCUT2D eigenvalue weighted by molar-refractivity contribution is 0.383. The van der Waals surface area contributed by atoms with Gasteiger partial charge in [0.1, 0.15) is 6.10 Å². The fourth-order valence-electron chi connectivity index (χ4n) is 1.19. The first-order valence-corrected chi connectivity index (χ1v) is 4.06. The highest BCUT2D eigenvalue weighted by Crippen LogP contribution is 2.38. The van der Waals surface area contributed by atoms with Crippen LogP contribution in [-0.4, -0.2) is 6.10 Å². The lowest BCUT2D eigenvalue weighted by Crippen LogP contribution is -1.81. The molecular weight excluding hydrogens is 160 g/mol. The van der Waals surface area contributed by atoms with Crippen LogP contribution in [0.2, 0.25) is 5.02 Å². The smallest absolute Gasteiger partial charge is 0.109 e. The first-order valence-electron chi connectivity index (χ1n) is 3.68. The fraction of sp³-hybridized carbons (Fsp3) is 0.333. The van der Waals surface area contributed by atoms with Gasteiger partial charge in [-0.25, -0.2) is 0 Å². The summed E-state index contributed by atoms with van der Waals surface area (Å²) in [6.07, 6.45) is 0.698. The predicted octanol–water partition coefficient (Wildman–Crippen LogP) is 2.80. The summed E-state index contributed by atoms with van der Waals surface area (Å²) < 4.78 is 5.30. The fourth-order valence-corrected chi connectivity index (χ4v) is 1.31. The molecule has 1 saturated heterocycles. The Morgan fingerprint density at radius 2 is 1.82 bits per heavy atom. The van der Waals surface area contributed by atoms with Gasteiger partial charge in [0.05, 0.1) is 6.10 Å². The molecule has 0 spiro atoms. The SMILES string of the molecule is C[C@@H]1O[C@H]1c1ccc(Cl)cc1. The maximum absolute atomic E-state index is 5.73. The van der Waals surface area contributed by atoms with E-state index in [0.717, 1.165) is 5.02 Å². The van der Waals surface area contributed by atoms with Crippen molar-refractivity contribution in [3.05, 3.63) is 34.9 Å². The second-order valence-corrected chi connectivity index (χ2v) is 3.25. The Kier molecular flexibility index (Phi) is 1.63. The topological polar surface area (TPSA) is 12.5 Å². The van der Waals surface area contributed by atoms with Gasteiger partial charge < -0.3 is 4.74 Å². The van der Waals surface area contributed by atoms with E-state index < -0.39 is 0 Å². The third-order valence-electron chi connectivity index (χ3n) is 1.91. The van der Waals surface area contributed by atoms with Gasteiger partial charge in [-0.3, -0.25) is 0 Å². The van der Waals surface area contributed by atoms with E-state index in [1.54, 1.807) is 0 Å². The summed E-state index contributed by atoms with van der Waals surface area (Å²) in [5.74, 6) is 0. The maximum Gasteiger partial charge on any atom is 0.109 e. The highest BCUT2D eigenvalue weighted by atomic mass is 35.5. The van der Waals surface area contributed by atoms with Crippen LogP contribution in [0.4, 0.5) is 0 Å². The van der Waals surface area contributed by atoms with E-state index in [4.69, 9.17) is 16.3 Å². The van der Waals surface area contributed by atoms with E-state index in [1.807, 2.05) is 24.3 Å². The Hall–Kier alpha value is -0.530. The Bertz CT molecular complexity index is 255. The van der Waals surface area contributed by atoms with Crippen molar-refractivity contribution in [2.75, 3.05) is 0 Å². The van der Waals surface area contributed by atoms with Crippen molar-refractivity contribution in [3.8, 4) is 0 Å². The standard InChI is InChI=1S/C9H9ClO/c1-6-9(11-6)7-2-4-8(10)5-3-7/h2-6,9H,1H3/t6-,9+/m0/s1. The molecule has 1 aromatic carbocycles. The maximum atomic E-state index is 5.73. The van der Waals surface area contributed by atoms with Crippen molar-refractivity contribution in [2.45, 2.75) is 19.1 Å². The number of hydrogen-bond acceptors (Lipinski definition) is 1. The van der Waals surface area contributed by atoms with Gasteiger partial charge in [-0.05, 0) is 24.6 Å². The largest absolute Gasteiger partial charge is 0.365 e. The molecule has 0 radical (unpaired) electrons. The highest BCUT2D eigenvalue weighted by Gasteiger charge is 2.35. The molecule has 0 amide bonds. The average Bonchev–Trinajstić information content (AvgIpc) is 2.69. The minimum absolute atomic E-state index is 0.312. The summed E-state index contributed by atoms with van der Waals surface area (Å²) in [7, 11) is 0. The van der Waals surface area contributed by atoms with E-state index >= 15 is 0 Å². The summed E-state index contributed by atoms with van der Waals surface area (Å²) in [4.78, 5) is 0. The molecule has 1 aromatic rings. The Morgan fingerprint density at radius 1 is 1.27 bits per heavy atom. The van der Waals surface area contributed by atoms with Gasteiger partial charge in [0.15, 0.2) is 0 Å². The minimum atomic E-state index is 0.312. The summed E-state index contributed by atoms with van der Waals surface area (Å²) >= 11 is 5.73. The van der Waals surface area contributed by atoms with Crippen LogP contribution in [0.5, 0.6) is 0 Å². The van der Waals surface area contributed by atoms with Crippen LogP contribution >= 0.6 is 11.6 Å². The number of ether oxygens (including phenoxy) is 1. The lowest BCUT2D eigenvalue weighted by Gasteiger charge is -1.93. The number of epoxide rings is 1. The third kappa shape index (κ3) is 1.39. The predicted molar refractivity (Wildman–Crippen MR) is 44.7 cm³/mol. The first kappa shape index (κ1) is 7.14. The van der Waals surface area contributed by atoms with Crippen LogP contribution < -0.4 is 0 Å². The summed E-state index contributed by atoms with van der Waals surface area (Å²) in [5, 5.41) is 0.780. The van der Waals surface area contributed by atoms with Crippen LogP contribution in [0.15, 0.2) is 24.3 Å². The normalized spacial score (nSPS) is 28.5. The highest BCUT2D eigenvalue weighted by molar-refractivity contribution is 6.30. The second kappa shape index (κ2) is 2.50. The molecule has 58 valence electrons. The number of hydrogen-bond donors (Lipinski definition) is 0. The van der Waals surface area contributed by atoms with E-state index in [0.29, 0.717) is 12.2 Å². The van der Waals surface area contributed by atoms with E-state index in [2.05, 4.69) is 6.92 Å². The number of benzene rings is 1. The molecule has 0 unspecified atom stereocenters. The minimum Gasteiger partial charge on any atom is -0.365 e. The second-order valence-electron chi connectivity index (χ2n) is 2.81. The van der Waals surface area contributed by atoms with Gasteiger partial charge in [-0.1, -0.05) is 23.7 Å². The molecule has 2 rings (SSSR count). The van der Waals surface area contributed by atoms with Crippen LogP contribution in [-0.2, 0) is 4.74 Å². The monoisotopic (exact) mass is 168 g/mol. The van der Waals surface area contributed by atoms with Crippen LogP contribution in [0, 0.1) is 0 Å². The summed E-state index contributed by atoms with van der Waals surface area (Å²) in [6.45, 7) is 2.07. The Labute approximate surface area is 70.9 Å². The van der Waals surface area contributed by atoms with Crippen molar-refractivity contribution in [1.82, 2.24) is 0 Å². The van der Waals surface area contributed by atoms with E-state index in [1.165, 1.54) is 5.56 Å².